The van der Waals surface area contributed by atoms with Crippen LogP contribution in [-0.4, -0.2) is 48.8 Å². The van der Waals surface area contributed by atoms with Crippen molar-refractivity contribution in [2.24, 2.45) is 5.41 Å². The Morgan fingerprint density at radius 3 is 1.62 bits per heavy atom. The number of para-hydroxylation sites is 2. The summed E-state index contributed by atoms with van der Waals surface area (Å²) in [4.78, 5) is 0. The van der Waals surface area contributed by atoms with Crippen LogP contribution in [0.25, 0.3) is 16.8 Å². The van der Waals surface area contributed by atoms with Gasteiger partial charge in [0.1, 0.15) is 61.6 Å². The molecule has 2 unspecified atom stereocenters. The first kappa shape index (κ1) is 27.6. The molecule has 0 saturated carbocycles. The van der Waals surface area contributed by atoms with E-state index in [2.05, 4.69) is 26.0 Å². The molecule has 6 nitrogen and oxygen atoms in total. The van der Waals surface area contributed by atoms with Crippen LogP contribution in [0.4, 0.5) is 0 Å². The van der Waals surface area contributed by atoms with E-state index in [0.717, 1.165) is 34.1 Å². The Morgan fingerprint density at radius 1 is 0.625 bits per heavy atom. The number of aliphatic hydroxyl groups excluding tert-OH is 2. The number of rotatable bonds is 12. The minimum absolute atomic E-state index is 0.0796. The molecule has 0 saturated heterocycles. The molecule has 208 valence electrons. The molecule has 0 aliphatic heterocycles. The van der Waals surface area contributed by atoms with Crippen molar-refractivity contribution in [2.75, 3.05) is 26.4 Å². The average molecular weight is 541 g/mol. The van der Waals surface area contributed by atoms with E-state index in [1.807, 2.05) is 84.9 Å². The zero-order valence-electron chi connectivity index (χ0n) is 23.0. The normalized spacial score (nSPS) is 15.2. The number of hydrogen-bond acceptors (Lipinski definition) is 6. The Balaban J connectivity index is 1.36. The Morgan fingerprint density at radius 2 is 1.07 bits per heavy atom. The van der Waals surface area contributed by atoms with Crippen molar-refractivity contribution >= 4 is 16.8 Å². The molecule has 0 amide bonds. The van der Waals surface area contributed by atoms with Crippen LogP contribution in [-0.2, 0) is 6.42 Å². The van der Waals surface area contributed by atoms with E-state index in [-0.39, 0.29) is 31.8 Å². The van der Waals surface area contributed by atoms with Crippen LogP contribution in [0.3, 0.4) is 0 Å². The van der Waals surface area contributed by atoms with Crippen LogP contribution in [0.1, 0.15) is 25.0 Å². The van der Waals surface area contributed by atoms with Gasteiger partial charge in [-0.2, -0.15) is 0 Å². The number of ether oxygens (including phenoxy) is 4. The lowest BCUT2D eigenvalue weighted by atomic mass is 9.78. The molecule has 0 heterocycles. The largest absolute Gasteiger partial charge is 0.491 e. The molecule has 0 fully saturated rings. The van der Waals surface area contributed by atoms with Crippen LogP contribution in [0, 0.1) is 5.41 Å². The lowest BCUT2D eigenvalue weighted by Crippen LogP contribution is -2.27. The van der Waals surface area contributed by atoms with E-state index in [1.54, 1.807) is 0 Å². The third kappa shape index (κ3) is 6.76. The zero-order chi connectivity index (χ0) is 28.0. The summed E-state index contributed by atoms with van der Waals surface area (Å²) in [6.07, 6.45) is 3.38. The predicted molar refractivity (Wildman–Crippen MR) is 157 cm³/mol. The number of aliphatic hydroxyl groups is 2. The lowest BCUT2D eigenvalue weighted by Gasteiger charge is -2.30. The molecule has 1 aliphatic rings. The van der Waals surface area contributed by atoms with Crippen molar-refractivity contribution in [3.8, 4) is 23.0 Å². The summed E-state index contributed by atoms with van der Waals surface area (Å²) < 4.78 is 24.1. The van der Waals surface area contributed by atoms with E-state index in [0.29, 0.717) is 17.2 Å². The first-order valence-corrected chi connectivity index (χ1v) is 13.6. The number of benzene rings is 4. The number of hydrogen-bond donors (Lipinski definition) is 2. The van der Waals surface area contributed by atoms with E-state index in [9.17, 15) is 10.2 Å². The minimum Gasteiger partial charge on any atom is -0.491 e. The fraction of sp³-hybridized carbons (Fsp3) is 0.294. The second-order valence-corrected chi connectivity index (χ2v) is 10.8. The predicted octanol–water partition coefficient (Wildman–Crippen LogP) is 6.07. The first-order chi connectivity index (χ1) is 19.4. The Labute approximate surface area is 235 Å². The van der Waals surface area contributed by atoms with E-state index in [1.165, 1.54) is 0 Å². The van der Waals surface area contributed by atoms with Gasteiger partial charge in [0.05, 0.1) is 0 Å². The maximum absolute atomic E-state index is 10.7. The van der Waals surface area contributed by atoms with E-state index < -0.39 is 12.2 Å². The van der Waals surface area contributed by atoms with Gasteiger partial charge in [0, 0.05) is 21.9 Å². The first-order valence-electron chi connectivity index (χ1n) is 13.6. The second-order valence-electron chi connectivity index (χ2n) is 10.8. The summed E-state index contributed by atoms with van der Waals surface area (Å²) in [7, 11) is 0. The molecule has 4 aromatic rings. The van der Waals surface area contributed by atoms with Gasteiger partial charge in [0.25, 0.3) is 0 Å². The van der Waals surface area contributed by atoms with Gasteiger partial charge in [-0.25, -0.2) is 0 Å². The fourth-order valence-corrected chi connectivity index (χ4v) is 4.82. The van der Waals surface area contributed by atoms with Gasteiger partial charge in [-0.15, -0.1) is 0 Å². The van der Waals surface area contributed by atoms with Crippen molar-refractivity contribution in [1.82, 2.24) is 0 Å². The van der Waals surface area contributed by atoms with Gasteiger partial charge in [-0.1, -0.05) is 86.7 Å². The lowest BCUT2D eigenvalue weighted by molar-refractivity contribution is 0.0617. The maximum Gasteiger partial charge on any atom is 0.135 e. The summed E-state index contributed by atoms with van der Waals surface area (Å²) in [6.45, 7) is 4.77. The van der Waals surface area contributed by atoms with Crippen molar-refractivity contribution in [2.45, 2.75) is 32.5 Å². The molecule has 5 rings (SSSR count). The molecule has 0 aromatic heterocycles. The van der Waals surface area contributed by atoms with Gasteiger partial charge < -0.3 is 29.2 Å². The molecular weight excluding hydrogens is 504 g/mol. The minimum atomic E-state index is -0.811. The van der Waals surface area contributed by atoms with Crippen LogP contribution >= 0.6 is 0 Å². The molecule has 2 atom stereocenters. The number of fused-ring (bicyclic) bond motifs is 2. The Hall–Kier alpha value is -4.00. The molecule has 40 heavy (non-hydrogen) atoms. The highest BCUT2D eigenvalue weighted by molar-refractivity contribution is 5.98. The molecule has 4 aromatic carbocycles. The van der Waals surface area contributed by atoms with Gasteiger partial charge >= 0.3 is 0 Å². The van der Waals surface area contributed by atoms with E-state index >= 15 is 0 Å². The van der Waals surface area contributed by atoms with E-state index in [4.69, 9.17) is 18.9 Å². The third-order valence-electron chi connectivity index (χ3n) is 6.81. The smallest absolute Gasteiger partial charge is 0.135 e. The molecule has 1 aliphatic carbocycles. The maximum atomic E-state index is 10.7. The summed E-state index contributed by atoms with van der Waals surface area (Å²) in [6, 6.07) is 26.8. The zero-order valence-corrected chi connectivity index (χ0v) is 23.0. The van der Waals surface area contributed by atoms with Crippen molar-refractivity contribution < 1.29 is 29.2 Å². The van der Waals surface area contributed by atoms with Gasteiger partial charge in [-0.05, 0) is 36.1 Å². The van der Waals surface area contributed by atoms with Gasteiger partial charge in [0.2, 0.25) is 0 Å². The quantitative estimate of drug-likeness (QED) is 0.227. The van der Waals surface area contributed by atoms with Crippen LogP contribution < -0.4 is 18.9 Å². The molecular formula is C34H36O6. The van der Waals surface area contributed by atoms with Crippen LogP contribution in [0.2, 0.25) is 0 Å². The highest BCUT2D eigenvalue weighted by Crippen LogP contribution is 2.47. The summed E-state index contributed by atoms with van der Waals surface area (Å²) in [5.41, 5.74) is 1.87. The van der Waals surface area contributed by atoms with Crippen LogP contribution in [0.5, 0.6) is 23.0 Å². The third-order valence-corrected chi connectivity index (χ3v) is 6.81. The summed E-state index contributed by atoms with van der Waals surface area (Å²) in [5.74, 6) is 2.85. The molecule has 6 heteroatoms. The SMILES string of the molecule is CC1(C)C=Cc2c(c(OCC(O)COc3ccccc3)c3ccccc3c2OCC(O)COc2ccccc2)C1. The highest BCUT2D eigenvalue weighted by atomic mass is 16.5. The Kier molecular flexibility index (Phi) is 8.58. The second kappa shape index (κ2) is 12.5. The fourth-order valence-electron chi connectivity index (χ4n) is 4.82. The molecule has 0 radical (unpaired) electrons. The van der Waals surface area contributed by atoms with Crippen molar-refractivity contribution in [3.05, 3.63) is 102 Å². The average Bonchev–Trinajstić information content (AvgIpc) is 2.97. The van der Waals surface area contributed by atoms with Crippen molar-refractivity contribution in [1.29, 1.82) is 0 Å². The summed E-state index contributed by atoms with van der Waals surface area (Å²) in [5, 5.41) is 23.1. The Bertz CT molecular complexity index is 1430. The van der Waals surface area contributed by atoms with Gasteiger partial charge in [0.15, 0.2) is 0 Å². The molecule has 0 spiro atoms. The molecule has 2 N–H and O–H groups in total. The van der Waals surface area contributed by atoms with Gasteiger partial charge in [-0.3, -0.25) is 0 Å². The highest BCUT2D eigenvalue weighted by Gasteiger charge is 2.29. The number of allylic oxidation sites excluding steroid dienone is 1. The molecule has 0 bridgehead atoms. The topological polar surface area (TPSA) is 77.4 Å². The van der Waals surface area contributed by atoms with Crippen LogP contribution in [0.15, 0.2) is 91.0 Å². The summed E-state index contributed by atoms with van der Waals surface area (Å²) >= 11 is 0. The monoisotopic (exact) mass is 540 g/mol. The standard InChI is InChI=1S/C34H36O6/c1-34(2)18-17-30-31(19-34)33(40-23-25(36)21-38-27-13-7-4-8-14-27)29-16-10-9-15-28(29)32(30)39-22-24(35)20-37-26-11-5-3-6-12-26/h3-18,24-25,35-36H,19-23H2,1-2H3. The van der Waals surface area contributed by atoms with Crippen molar-refractivity contribution in [3.63, 3.8) is 0 Å².